The fourth-order valence-corrected chi connectivity index (χ4v) is 4.04. The van der Waals surface area contributed by atoms with Crippen molar-refractivity contribution in [2.75, 3.05) is 5.32 Å². The van der Waals surface area contributed by atoms with Crippen molar-refractivity contribution in [3.63, 3.8) is 0 Å². The number of nitrogens with zero attached hydrogens (tertiary/aromatic N) is 2. The lowest BCUT2D eigenvalue weighted by molar-refractivity contribution is 1.05. The predicted octanol–water partition coefficient (Wildman–Crippen LogP) is 5.36. The van der Waals surface area contributed by atoms with E-state index in [9.17, 15) is 0 Å². The van der Waals surface area contributed by atoms with Crippen molar-refractivity contribution >= 4 is 49.4 Å². The Bertz CT molecular complexity index is 1360. The Morgan fingerprint density at radius 2 is 1.25 bits per heavy atom. The van der Waals surface area contributed by atoms with Crippen molar-refractivity contribution in [1.29, 1.82) is 0 Å². The van der Waals surface area contributed by atoms with Crippen LogP contribution in [0.1, 0.15) is 5.69 Å². The topological polar surface area (TPSA) is 69.4 Å². The Kier molecular flexibility index (Phi) is 3.17. The quantitative estimate of drug-likeness (QED) is 0.396. The molecule has 0 atom stereocenters. The molecule has 0 aliphatic carbocycles. The van der Waals surface area contributed by atoms with E-state index in [0.29, 0.717) is 6.54 Å². The Balaban J connectivity index is 1.43. The number of H-pyrrole nitrogens is 2. The molecule has 3 N–H and O–H groups in total. The molecule has 0 aliphatic rings. The number of aromatic nitrogens is 4. The molecule has 6 aromatic rings. The molecule has 0 unspecified atom stereocenters. The monoisotopic (exact) mass is 363 g/mol. The number of rotatable bonds is 3. The third kappa shape index (κ3) is 2.19. The van der Waals surface area contributed by atoms with Crippen LogP contribution < -0.4 is 5.32 Å². The van der Waals surface area contributed by atoms with Gasteiger partial charge in [-0.05, 0) is 24.3 Å². The van der Waals surface area contributed by atoms with Crippen LogP contribution in [0.25, 0.3) is 43.6 Å². The van der Waals surface area contributed by atoms with E-state index in [-0.39, 0.29) is 0 Å². The number of hydrogen-bond acceptors (Lipinski definition) is 3. The molecule has 0 aliphatic heterocycles. The molecule has 0 saturated carbocycles. The van der Waals surface area contributed by atoms with Gasteiger partial charge in [-0.25, -0.2) is 4.98 Å². The summed E-state index contributed by atoms with van der Waals surface area (Å²) >= 11 is 0. The minimum atomic E-state index is 0.589. The highest BCUT2D eigenvalue weighted by Gasteiger charge is 2.11. The minimum absolute atomic E-state index is 0.589. The van der Waals surface area contributed by atoms with Crippen molar-refractivity contribution in [1.82, 2.24) is 19.9 Å². The Morgan fingerprint density at radius 3 is 2.00 bits per heavy atom. The zero-order valence-electron chi connectivity index (χ0n) is 15.0. The van der Waals surface area contributed by atoms with Gasteiger partial charge in [-0.3, -0.25) is 4.98 Å². The SMILES string of the molecule is c1ccc2c(c1)[nH]c1c(CNc3nccc4c3[nH]c3ccccc34)nccc12. The number of nitrogens with one attached hydrogen (secondary N) is 3. The van der Waals surface area contributed by atoms with Crippen molar-refractivity contribution in [2.45, 2.75) is 6.54 Å². The van der Waals surface area contributed by atoms with Gasteiger partial charge in [0.1, 0.15) is 0 Å². The van der Waals surface area contributed by atoms with Gasteiger partial charge < -0.3 is 15.3 Å². The number of pyridine rings is 2. The van der Waals surface area contributed by atoms with Crippen molar-refractivity contribution in [3.8, 4) is 0 Å². The molecule has 2 aromatic carbocycles. The Labute approximate surface area is 160 Å². The Morgan fingerprint density at radius 1 is 0.643 bits per heavy atom. The van der Waals surface area contributed by atoms with E-state index in [1.165, 1.54) is 21.5 Å². The highest BCUT2D eigenvalue weighted by molar-refractivity contribution is 6.10. The minimum Gasteiger partial charge on any atom is -0.363 e. The van der Waals surface area contributed by atoms with Crippen LogP contribution in [0.5, 0.6) is 0 Å². The van der Waals surface area contributed by atoms with Gasteiger partial charge in [-0.2, -0.15) is 0 Å². The zero-order chi connectivity index (χ0) is 18.5. The van der Waals surface area contributed by atoms with Gasteiger partial charge in [0.2, 0.25) is 0 Å². The molecule has 28 heavy (non-hydrogen) atoms. The van der Waals surface area contributed by atoms with Crippen LogP contribution in [0.15, 0.2) is 73.1 Å². The van der Waals surface area contributed by atoms with Gasteiger partial charge in [-0.1, -0.05) is 36.4 Å². The van der Waals surface area contributed by atoms with Crippen molar-refractivity contribution in [2.24, 2.45) is 0 Å². The van der Waals surface area contributed by atoms with E-state index >= 15 is 0 Å². The molecule has 5 heteroatoms. The third-order valence-electron chi connectivity index (χ3n) is 5.36. The average Bonchev–Trinajstić information content (AvgIpc) is 3.31. The molecule has 4 heterocycles. The fraction of sp³-hybridized carbons (Fsp3) is 0.0435. The average molecular weight is 363 g/mol. The molecule has 0 spiro atoms. The highest BCUT2D eigenvalue weighted by Crippen LogP contribution is 2.30. The molecular formula is C23H17N5. The maximum absolute atomic E-state index is 4.61. The molecule has 0 fully saturated rings. The number of anilines is 1. The predicted molar refractivity (Wildman–Crippen MR) is 115 cm³/mol. The standard InChI is InChI=1S/C23H17N5/c1-3-7-18-14(5-1)16-9-11-24-20(21(16)27-18)13-26-23-22-17(10-12-25-23)15-6-2-4-8-19(15)28-22/h1-12,27-28H,13H2,(H,25,26). The largest absolute Gasteiger partial charge is 0.363 e. The van der Waals surface area contributed by atoms with Gasteiger partial charge >= 0.3 is 0 Å². The van der Waals surface area contributed by atoms with Crippen LogP contribution in [0, 0.1) is 0 Å². The van der Waals surface area contributed by atoms with Crippen LogP contribution in [0.4, 0.5) is 5.82 Å². The van der Waals surface area contributed by atoms with Crippen LogP contribution in [-0.2, 0) is 6.54 Å². The lowest BCUT2D eigenvalue weighted by atomic mass is 10.1. The first-order valence-corrected chi connectivity index (χ1v) is 9.32. The summed E-state index contributed by atoms with van der Waals surface area (Å²) in [5, 5.41) is 8.27. The van der Waals surface area contributed by atoms with E-state index in [2.05, 4.69) is 73.8 Å². The molecule has 6 rings (SSSR count). The molecule has 0 radical (unpaired) electrons. The first-order chi connectivity index (χ1) is 13.9. The van der Waals surface area contributed by atoms with Crippen LogP contribution in [0.3, 0.4) is 0 Å². The number of fused-ring (bicyclic) bond motifs is 6. The van der Waals surface area contributed by atoms with E-state index in [4.69, 9.17) is 0 Å². The van der Waals surface area contributed by atoms with Gasteiger partial charge in [0, 0.05) is 45.0 Å². The van der Waals surface area contributed by atoms with Gasteiger partial charge in [0.05, 0.1) is 23.3 Å². The molecule has 134 valence electrons. The number of aromatic amines is 2. The van der Waals surface area contributed by atoms with E-state index in [1.54, 1.807) is 0 Å². The van der Waals surface area contributed by atoms with Gasteiger partial charge in [-0.15, -0.1) is 0 Å². The summed E-state index contributed by atoms with van der Waals surface area (Å²) in [5.41, 5.74) is 5.31. The zero-order valence-corrected chi connectivity index (χ0v) is 15.0. The summed E-state index contributed by atoms with van der Waals surface area (Å²) in [7, 11) is 0. The summed E-state index contributed by atoms with van der Waals surface area (Å²) < 4.78 is 0. The fourth-order valence-electron chi connectivity index (χ4n) is 4.04. The van der Waals surface area contributed by atoms with E-state index < -0.39 is 0 Å². The second kappa shape index (κ2) is 5.82. The lowest BCUT2D eigenvalue weighted by Gasteiger charge is -2.07. The first kappa shape index (κ1) is 15.2. The van der Waals surface area contributed by atoms with Crippen molar-refractivity contribution < 1.29 is 0 Å². The van der Waals surface area contributed by atoms with E-state index in [0.717, 1.165) is 33.6 Å². The molecule has 0 amide bonds. The second-order valence-electron chi connectivity index (χ2n) is 6.96. The molecule has 0 bridgehead atoms. The smallest absolute Gasteiger partial charge is 0.150 e. The molecule has 5 nitrogen and oxygen atoms in total. The molecule has 4 aromatic heterocycles. The summed E-state index contributed by atoms with van der Waals surface area (Å²) in [6.07, 6.45) is 3.72. The number of benzene rings is 2. The Hall–Kier alpha value is -3.86. The van der Waals surface area contributed by atoms with Gasteiger partial charge in [0.25, 0.3) is 0 Å². The number of para-hydroxylation sites is 2. The summed E-state index contributed by atoms with van der Waals surface area (Å²) in [5.74, 6) is 0.837. The highest BCUT2D eigenvalue weighted by atomic mass is 15.0. The van der Waals surface area contributed by atoms with Crippen LogP contribution in [-0.4, -0.2) is 19.9 Å². The normalized spacial score (nSPS) is 11.7. The maximum atomic E-state index is 4.61. The summed E-state index contributed by atoms with van der Waals surface area (Å²) in [4.78, 5) is 16.2. The summed E-state index contributed by atoms with van der Waals surface area (Å²) in [6, 6.07) is 20.8. The molecule has 0 saturated heterocycles. The summed E-state index contributed by atoms with van der Waals surface area (Å²) in [6.45, 7) is 0.589. The van der Waals surface area contributed by atoms with Gasteiger partial charge in [0.15, 0.2) is 5.82 Å². The van der Waals surface area contributed by atoms with E-state index in [1.807, 2.05) is 24.5 Å². The van der Waals surface area contributed by atoms with Crippen LogP contribution in [0.2, 0.25) is 0 Å². The third-order valence-corrected chi connectivity index (χ3v) is 5.36. The van der Waals surface area contributed by atoms with Crippen LogP contribution >= 0.6 is 0 Å². The van der Waals surface area contributed by atoms with Crippen molar-refractivity contribution in [3.05, 3.63) is 78.8 Å². The maximum Gasteiger partial charge on any atom is 0.150 e. The molecular weight excluding hydrogens is 346 g/mol. The first-order valence-electron chi connectivity index (χ1n) is 9.32. The number of hydrogen-bond donors (Lipinski definition) is 3. The lowest BCUT2D eigenvalue weighted by Crippen LogP contribution is -2.04. The second-order valence-corrected chi connectivity index (χ2v) is 6.96.